The van der Waals surface area contributed by atoms with Gasteiger partial charge >= 0.3 is 0 Å². The fourth-order valence-corrected chi connectivity index (χ4v) is 1.74. The topological polar surface area (TPSA) is 75.3 Å². The zero-order chi connectivity index (χ0) is 13.7. The smallest absolute Gasteiger partial charge is 0.241 e. The lowest BCUT2D eigenvalue weighted by Gasteiger charge is -2.23. The average Bonchev–Trinajstić information content (AvgIpc) is 2.88. The van der Waals surface area contributed by atoms with Crippen LogP contribution in [-0.2, 0) is 6.54 Å². The molecule has 1 N–H and O–H groups in total. The van der Waals surface area contributed by atoms with Crippen molar-refractivity contribution >= 4 is 0 Å². The van der Waals surface area contributed by atoms with E-state index in [1.54, 1.807) is 6.20 Å². The summed E-state index contributed by atoms with van der Waals surface area (Å²) in [5.74, 6) is 1.02. The summed E-state index contributed by atoms with van der Waals surface area (Å²) in [6.07, 6.45) is 1.69. The summed E-state index contributed by atoms with van der Waals surface area (Å²) < 4.78 is 5.22. The summed E-state index contributed by atoms with van der Waals surface area (Å²) in [5.41, 5.74) is 0.691. The molecule has 2 heterocycles. The summed E-state index contributed by atoms with van der Waals surface area (Å²) in [5, 5.41) is 12.9. The van der Waals surface area contributed by atoms with Crippen molar-refractivity contribution < 1.29 is 9.63 Å². The van der Waals surface area contributed by atoms with Gasteiger partial charge in [0.05, 0.1) is 13.2 Å². The maximum absolute atomic E-state index is 9.03. The van der Waals surface area contributed by atoms with Gasteiger partial charge in [0.2, 0.25) is 11.7 Å². The van der Waals surface area contributed by atoms with Gasteiger partial charge in [0.15, 0.2) is 0 Å². The molecule has 0 aliphatic heterocycles. The molecule has 0 saturated carbocycles. The average molecular weight is 262 g/mol. The van der Waals surface area contributed by atoms with Crippen LogP contribution < -0.4 is 0 Å². The lowest BCUT2D eigenvalue weighted by Crippen LogP contribution is -2.33. The van der Waals surface area contributed by atoms with Crippen LogP contribution in [0.3, 0.4) is 0 Å². The Labute approximate surface area is 112 Å². The molecule has 0 bridgehead atoms. The molecular weight excluding hydrogens is 244 g/mol. The van der Waals surface area contributed by atoms with Crippen molar-refractivity contribution in [3.8, 4) is 11.5 Å². The molecule has 2 aromatic rings. The number of aliphatic hydroxyl groups excluding tert-OH is 1. The molecular formula is C13H18N4O2. The lowest BCUT2D eigenvalue weighted by molar-refractivity contribution is 0.144. The highest BCUT2D eigenvalue weighted by Crippen LogP contribution is 2.13. The Morgan fingerprint density at radius 2 is 2.21 bits per heavy atom. The molecule has 2 aromatic heterocycles. The third kappa shape index (κ3) is 3.59. The molecule has 0 aliphatic carbocycles. The Hall–Kier alpha value is -1.79. The summed E-state index contributed by atoms with van der Waals surface area (Å²) in [6, 6.07) is 5.86. The van der Waals surface area contributed by atoms with Gasteiger partial charge in [0.25, 0.3) is 0 Å². The third-order valence-corrected chi connectivity index (χ3v) is 2.82. The summed E-state index contributed by atoms with van der Waals surface area (Å²) in [6.45, 7) is 5.34. The first-order valence-corrected chi connectivity index (χ1v) is 6.29. The number of aliphatic hydroxyl groups is 1. The molecule has 6 nitrogen and oxygen atoms in total. The van der Waals surface area contributed by atoms with E-state index in [9.17, 15) is 0 Å². The zero-order valence-corrected chi connectivity index (χ0v) is 11.2. The van der Waals surface area contributed by atoms with Crippen molar-refractivity contribution in [1.82, 2.24) is 20.0 Å². The number of aromatic nitrogens is 3. The number of pyridine rings is 1. The number of nitrogens with zero attached hydrogens (tertiary/aromatic N) is 4. The van der Waals surface area contributed by atoms with Crippen LogP contribution in [0.2, 0.25) is 0 Å². The van der Waals surface area contributed by atoms with Crippen molar-refractivity contribution in [2.45, 2.75) is 26.4 Å². The minimum atomic E-state index is 0.111. The number of rotatable bonds is 6. The number of hydrogen-bond donors (Lipinski definition) is 1. The Morgan fingerprint density at radius 3 is 2.84 bits per heavy atom. The van der Waals surface area contributed by atoms with E-state index >= 15 is 0 Å². The Bertz CT molecular complexity index is 498. The van der Waals surface area contributed by atoms with E-state index in [0.29, 0.717) is 36.5 Å². The normalized spacial score (nSPS) is 11.4. The monoisotopic (exact) mass is 262 g/mol. The number of hydrogen-bond acceptors (Lipinski definition) is 6. The molecule has 6 heteroatoms. The van der Waals surface area contributed by atoms with E-state index in [-0.39, 0.29) is 6.61 Å². The first-order valence-electron chi connectivity index (χ1n) is 6.29. The second-order valence-corrected chi connectivity index (χ2v) is 4.51. The Kier molecular flexibility index (Phi) is 4.59. The van der Waals surface area contributed by atoms with E-state index < -0.39 is 0 Å². The quantitative estimate of drug-likeness (QED) is 0.846. The molecule has 19 heavy (non-hydrogen) atoms. The van der Waals surface area contributed by atoms with Gasteiger partial charge in [-0.15, -0.1) is 0 Å². The largest absolute Gasteiger partial charge is 0.395 e. The highest BCUT2D eigenvalue weighted by molar-refractivity contribution is 5.46. The highest BCUT2D eigenvalue weighted by atomic mass is 16.5. The summed E-state index contributed by atoms with van der Waals surface area (Å²) in [7, 11) is 0. The van der Waals surface area contributed by atoms with Gasteiger partial charge in [-0.2, -0.15) is 4.98 Å². The molecule has 0 aromatic carbocycles. The highest BCUT2D eigenvalue weighted by Gasteiger charge is 2.15. The van der Waals surface area contributed by atoms with Crippen LogP contribution in [0.25, 0.3) is 11.5 Å². The summed E-state index contributed by atoms with van der Waals surface area (Å²) in [4.78, 5) is 10.6. The molecule has 0 atom stereocenters. The fraction of sp³-hybridized carbons (Fsp3) is 0.462. The first kappa shape index (κ1) is 13.6. The van der Waals surface area contributed by atoms with Gasteiger partial charge in [-0.05, 0) is 26.0 Å². The minimum Gasteiger partial charge on any atom is -0.395 e. The van der Waals surface area contributed by atoms with Gasteiger partial charge in [0.1, 0.15) is 5.69 Å². The van der Waals surface area contributed by atoms with Crippen molar-refractivity contribution in [3.63, 3.8) is 0 Å². The molecule has 0 fully saturated rings. The molecule has 2 rings (SSSR count). The van der Waals surface area contributed by atoms with Crippen molar-refractivity contribution in [3.05, 3.63) is 30.3 Å². The van der Waals surface area contributed by atoms with Gasteiger partial charge < -0.3 is 9.63 Å². The van der Waals surface area contributed by atoms with Crippen LogP contribution in [0.15, 0.2) is 28.9 Å². The van der Waals surface area contributed by atoms with Gasteiger partial charge in [-0.1, -0.05) is 11.2 Å². The lowest BCUT2D eigenvalue weighted by atomic mass is 10.3. The maximum atomic E-state index is 9.03. The fourth-order valence-electron chi connectivity index (χ4n) is 1.74. The van der Waals surface area contributed by atoms with Gasteiger partial charge in [-0.3, -0.25) is 9.88 Å². The Morgan fingerprint density at radius 1 is 1.37 bits per heavy atom. The molecule has 0 unspecified atom stereocenters. The molecule has 102 valence electrons. The van der Waals surface area contributed by atoms with Crippen LogP contribution in [0.5, 0.6) is 0 Å². The van der Waals surface area contributed by atoms with Crippen molar-refractivity contribution in [2.24, 2.45) is 0 Å². The first-order chi connectivity index (χ1) is 9.20. The van der Waals surface area contributed by atoms with Crippen LogP contribution in [0.1, 0.15) is 19.7 Å². The van der Waals surface area contributed by atoms with Crippen LogP contribution in [-0.4, -0.2) is 44.3 Å². The predicted molar refractivity (Wildman–Crippen MR) is 70.2 cm³/mol. The Balaban J connectivity index is 2.09. The minimum absolute atomic E-state index is 0.111. The van der Waals surface area contributed by atoms with Crippen LogP contribution >= 0.6 is 0 Å². The maximum Gasteiger partial charge on any atom is 0.241 e. The standard InChI is InChI=1S/C13H18N4O2/c1-10(2)17(7-8-18)9-12-15-13(16-19-12)11-5-3-4-6-14-11/h3-6,10,18H,7-9H2,1-2H3. The molecule has 0 radical (unpaired) electrons. The predicted octanol–water partition coefficient (Wildman–Crippen LogP) is 1.33. The second-order valence-electron chi connectivity index (χ2n) is 4.51. The SMILES string of the molecule is CC(C)N(CCO)Cc1nc(-c2ccccn2)no1. The summed E-state index contributed by atoms with van der Waals surface area (Å²) >= 11 is 0. The molecule has 0 spiro atoms. The van der Waals surface area contributed by atoms with Crippen molar-refractivity contribution in [2.75, 3.05) is 13.2 Å². The van der Waals surface area contributed by atoms with Gasteiger partial charge in [-0.25, -0.2) is 0 Å². The van der Waals surface area contributed by atoms with E-state index in [2.05, 4.69) is 33.9 Å². The van der Waals surface area contributed by atoms with E-state index in [0.717, 1.165) is 0 Å². The second kappa shape index (κ2) is 6.40. The van der Waals surface area contributed by atoms with E-state index in [1.165, 1.54) is 0 Å². The van der Waals surface area contributed by atoms with E-state index in [4.69, 9.17) is 9.63 Å². The third-order valence-electron chi connectivity index (χ3n) is 2.82. The van der Waals surface area contributed by atoms with Crippen molar-refractivity contribution in [1.29, 1.82) is 0 Å². The van der Waals surface area contributed by atoms with E-state index in [1.807, 2.05) is 18.2 Å². The molecule has 0 saturated heterocycles. The zero-order valence-electron chi connectivity index (χ0n) is 11.2. The van der Waals surface area contributed by atoms with Crippen LogP contribution in [0.4, 0.5) is 0 Å². The molecule has 0 aliphatic rings. The van der Waals surface area contributed by atoms with Crippen LogP contribution in [0, 0.1) is 0 Å². The molecule has 0 amide bonds. The van der Waals surface area contributed by atoms with Gasteiger partial charge in [0, 0.05) is 18.8 Å².